The molecule has 1 aromatic heterocycles. The van der Waals surface area contributed by atoms with Gasteiger partial charge in [-0.3, -0.25) is 9.59 Å². The molecule has 1 fully saturated rings. The number of H-pyrrole nitrogens is 1. The summed E-state index contributed by atoms with van der Waals surface area (Å²) in [6.07, 6.45) is 0. The topological polar surface area (TPSA) is 88.4 Å². The first kappa shape index (κ1) is 14.7. The van der Waals surface area contributed by atoms with Gasteiger partial charge < -0.3 is 20.4 Å². The van der Waals surface area contributed by atoms with Gasteiger partial charge in [0.25, 0.3) is 5.91 Å². The normalized spacial score (nSPS) is 15.1. The van der Waals surface area contributed by atoms with Crippen LogP contribution in [0.25, 0.3) is 21.8 Å². The summed E-state index contributed by atoms with van der Waals surface area (Å²) in [7, 11) is 0. The monoisotopic (exact) mass is 323 g/mol. The van der Waals surface area contributed by atoms with Crippen molar-refractivity contribution in [3.05, 3.63) is 47.5 Å². The Hall–Kier alpha value is -2.86. The number of aromatic amines is 1. The van der Waals surface area contributed by atoms with Gasteiger partial charge in [0.1, 0.15) is 0 Å². The minimum absolute atomic E-state index is 0.178. The first-order chi connectivity index (χ1) is 11.7. The number of fused-ring (bicyclic) bond motifs is 3. The number of nitrogens with zero attached hydrogens (tertiary/aromatic N) is 1. The highest BCUT2D eigenvalue weighted by atomic mass is 16.5. The highest BCUT2D eigenvalue weighted by Gasteiger charge is 2.26. The van der Waals surface area contributed by atoms with Gasteiger partial charge in [0.05, 0.1) is 24.3 Å². The minimum atomic E-state index is -0.598. The molecular formula is C18H17N3O3. The zero-order valence-corrected chi connectivity index (χ0v) is 13.0. The van der Waals surface area contributed by atoms with E-state index in [4.69, 9.17) is 10.5 Å². The number of nitrogens with one attached hydrogen (secondary N) is 1. The maximum absolute atomic E-state index is 13.1. The number of ether oxygens (including phenoxy) is 1. The van der Waals surface area contributed by atoms with Gasteiger partial charge in [-0.15, -0.1) is 0 Å². The number of morpholine rings is 1. The Labute approximate surface area is 138 Å². The zero-order chi connectivity index (χ0) is 16.7. The lowest BCUT2D eigenvalue weighted by atomic mass is 9.98. The van der Waals surface area contributed by atoms with Crippen LogP contribution in [0.5, 0.6) is 0 Å². The van der Waals surface area contributed by atoms with Crippen molar-refractivity contribution >= 4 is 33.6 Å². The van der Waals surface area contributed by atoms with E-state index in [1.54, 1.807) is 17.0 Å². The number of benzene rings is 2. The summed E-state index contributed by atoms with van der Waals surface area (Å²) in [5, 5.41) is 1.66. The van der Waals surface area contributed by atoms with Crippen molar-refractivity contribution < 1.29 is 14.3 Å². The van der Waals surface area contributed by atoms with Crippen LogP contribution in [0.1, 0.15) is 20.7 Å². The number of primary amides is 1. The van der Waals surface area contributed by atoms with Crippen molar-refractivity contribution in [2.24, 2.45) is 5.73 Å². The number of nitrogens with two attached hydrogens (primary N) is 1. The van der Waals surface area contributed by atoms with Crippen LogP contribution in [0.2, 0.25) is 0 Å². The fourth-order valence-corrected chi connectivity index (χ4v) is 3.29. The molecular weight excluding hydrogens is 306 g/mol. The van der Waals surface area contributed by atoms with Crippen LogP contribution < -0.4 is 5.73 Å². The molecule has 6 nitrogen and oxygen atoms in total. The predicted molar refractivity (Wildman–Crippen MR) is 91.0 cm³/mol. The molecule has 122 valence electrons. The minimum Gasteiger partial charge on any atom is -0.378 e. The average molecular weight is 323 g/mol. The molecule has 0 saturated carbocycles. The fraction of sp³-hybridized carbons (Fsp3) is 0.222. The molecule has 0 bridgehead atoms. The number of para-hydroxylation sites is 1. The number of hydrogen-bond acceptors (Lipinski definition) is 3. The number of aromatic nitrogens is 1. The lowest BCUT2D eigenvalue weighted by Gasteiger charge is -2.27. The standard InChI is InChI=1S/C18H17N3O3/c19-17(22)12-5-6-14-15(11-3-1-2-4-13(11)20-14)16(12)18(23)21-7-9-24-10-8-21/h1-6,20H,7-10H2,(H2,19,22). The summed E-state index contributed by atoms with van der Waals surface area (Å²) >= 11 is 0. The van der Waals surface area contributed by atoms with E-state index >= 15 is 0 Å². The highest BCUT2D eigenvalue weighted by molar-refractivity contribution is 6.22. The van der Waals surface area contributed by atoms with Crippen LogP contribution in [0.3, 0.4) is 0 Å². The van der Waals surface area contributed by atoms with E-state index in [0.29, 0.717) is 31.9 Å². The summed E-state index contributed by atoms with van der Waals surface area (Å²) in [6.45, 7) is 2.02. The molecule has 0 spiro atoms. The second-order valence-corrected chi connectivity index (χ2v) is 5.85. The second kappa shape index (κ2) is 5.65. The van der Waals surface area contributed by atoms with E-state index in [1.807, 2.05) is 24.3 Å². The molecule has 3 N–H and O–H groups in total. The zero-order valence-electron chi connectivity index (χ0n) is 13.0. The van der Waals surface area contributed by atoms with E-state index in [2.05, 4.69) is 4.98 Å². The Morgan fingerprint density at radius 2 is 1.79 bits per heavy atom. The van der Waals surface area contributed by atoms with Crippen LogP contribution in [-0.2, 0) is 4.74 Å². The third kappa shape index (κ3) is 2.23. The number of carbonyl (C=O) groups is 2. The lowest BCUT2D eigenvalue weighted by molar-refractivity contribution is 0.0303. The van der Waals surface area contributed by atoms with Crippen molar-refractivity contribution in [3.63, 3.8) is 0 Å². The molecule has 2 heterocycles. The van der Waals surface area contributed by atoms with Gasteiger partial charge in [-0.05, 0) is 18.2 Å². The van der Waals surface area contributed by atoms with E-state index in [-0.39, 0.29) is 11.5 Å². The summed E-state index contributed by atoms with van der Waals surface area (Å²) in [5.41, 5.74) is 7.91. The molecule has 6 heteroatoms. The molecule has 2 amide bonds. The molecule has 3 aromatic rings. The highest BCUT2D eigenvalue weighted by Crippen LogP contribution is 2.31. The molecule has 4 rings (SSSR count). The first-order valence-corrected chi connectivity index (χ1v) is 7.87. The number of amides is 2. The van der Waals surface area contributed by atoms with Gasteiger partial charge >= 0.3 is 0 Å². The third-order valence-corrected chi connectivity index (χ3v) is 4.45. The Bertz CT molecular complexity index is 955. The Kier molecular flexibility index (Phi) is 3.46. The molecule has 24 heavy (non-hydrogen) atoms. The van der Waals surface area contributed by atoms with Gasteiger partial charge in [-0.1, -0.05) is 18.2 Å². The van der Waals surface area contributed by atoms with Crippen molar-refractivity contribution in [2.75, 3.05) is 26.3 Å². The van der Waals surface area contributed by atoms with Gasteiger partial charge in [-0.2, -0.15) is 0 Å². The van der Waals surface area contributed by atoms with Gasteiger partial charge in [0.15, 0.2) is 0 Å². The van der Waals surface area contributed by atoms with Crippen LogP contribution in [0.15, 0.2) is 36.4 Å². The first-order valence-electron chi connectivity index (χ1n) is 7.87. The maximum atomic E-state index is 13.1. The number of hydrogen-bond donors (Lipinski definition) is 2. The molecule has 0 aliphatic carbocycles. The Balaban J connectivity index is 2.00. The quantitative estimate of drug-likeness (QED) is 0.755. The predicted octanol–water partition coefficient (Wildman–Crippen LogP) is 1.89. The number of carbonyl (C=O) groups excluding carboxylic acids is 2. The summed E-state index contributed by atoms with van der Waals surface area (Å²) in [4.78, 5) is 30.1. The summed E-state index contributed by atoms with van der Waals surface area (Å²) in [6, 6.07) is 11.1. The van der Waals surface area contributed by atoms with Gasteiger partial charge in [0, 0.05) is 34.9 Å². The van der Waals surface area contributed by atoms with Crippen LogP contribution >= 0.6 is 0 Å². The molecule has 0 unspecified atom stereocenters. The van der Waals surface area contributed by atoms with E-state index in [1.165, 1.54) is 0 Å². The molecule has 2 aromatic carbocycles. The smallest absolute Gasteiger partial charge is 0.255 e. The lowest BCUT2D eigenvalue weighted by Crippen LogP contribution is -2.41. The van der Waals surface area contributed by atoms with Crippen LogP contribution in [0.4, 0.5) is 0 Å². The van der Waals surface area contributed by atoms with E-state index < -0.39 is 5.91 Å². The third-order valence-electron chi connectivity index (χ3n) is 4.45. The Morgan fingerprint density at radius 3 is 2.54 bits per heavy atom. The average Bonchev–Trinajstić information content (AvgIpc) is 2.99. The maximum Gasteiger partial charge on any atom is 0.255 e. The van der Waals surface area contributed by atoms with Crippen molar-refractivity contribution in [1.82, 2.24) is 9.88 Å². The molecule has 1 aliphatic heterocycles. The Morgan fingerprint density at radius 1 is 1.04 bits per heavy atom. The van der Waals surface area contributed by atoms with Crippen molar-refractivity contribution in [3.8, 4) is 0 Å². The molecule has 0 atom stereocenters. The van der Waals surface area contributed by atoms with Gasteiger partial charge in [0.2, 0.25) is 5.91 Å². The molecule has 1 saturated heterocycles. The SMILES string of the molecule is NC(=O)c1ccc2[nH]c3ccccc3c2c1C(=O)N1CCOCC1. The summed E-state index contributed by atoms with van der Waals surface area (Å²) < 4.78 is 5.31. The second-order valence-electron chi connectivity index (χ2n) is 5.85. The van der Waals surface area contributed by atoms with E-state index in [0.717, 1.165) is 21.8 Å². The van der Waals surface area contributed by atoms with Crippen LogP contribution in [0, 0.1) is 0 Å². The number of rotatable bonds is 2. The fourth-order valence-electron chi connectivity index (χ4n) is 3.29. The molecule has 1 aliphatic rings. The molecule has 0 radical (unpaired) electrons. The van der Waals surface area contributed by atoms with Gasteiger partial charge in [-0.25, -0.2) is 0 Å². The van der Waals surface area contributed by atoms with Crippen molar-refractivity contribution in [2.45, 2.75) is 0 Å². The van der Waals surface area contributed by atoms with Crippen LogP contribution in [-0.4, -0.2) is 48.0 Å². The summed E-state index contributed by atoms with van der Waals surface area (Å²) in [5.74, 6) is -0.777. The van der Waals surface area contributed by atoms with E-state index in [9.17, 15) is 9.59 Å². The van der Waals surface area contributed by atoms with Crippen molar-refractivity contribution in [1.29, 1.82) is 0 Å². The largest absolute Gasteiger partial charge is 0.378 e.